The molecule has 3 rings (SSSR count). The minimum atomic E-state index is -0.0704. The number of likely N-dealkylation sites (tertiary alicyclic amines) is 1. The minimum absolute atomic E-state index is 0.0554. The molecule has 2 saturated heterocycles. The van der Waals surface area contributed by atoms with Crippen molar-refractivity contribution in [1.82, 2.24) is 14.7 Å². The Hall–Kier alpha value is -0.570. The number of ether oxygens (including phenoxy) is 3. The number of piperazine rings is 1. The molecule has 0 bridgehead atoms. The van der Waals surface area contributed by atoms with Gasteiger partial charge >= 0.3 is 0 Å². The molecule has 0 unspecified atom stereocenters. The maximum Gasteiger partial charge on any atom is 0.147 e. The third kappa shape index (κ3) is 11.6. The van der Waals surface area contributed by atoms with Gasteiger partial charge < -0.3 is 19.1 Å². The average molecular weight is 496 g/mol. The van der Waals surface area contributed by atoms with Gasteiger partial charge in [-0.05, 0) is 73.1 Å². The van der Waals surface area contributed by atoms with Crippen LogP contribution in [0.5, 0.6) is 0 Å². The minimum Gasteiger partial charge on any atom is -0.375 e. The molecule has 0 aromatic heterocycles. The summed E-state index contributed by atoms with van der Waals surface area (Å²) >= 11 is 0. The van der Waals surface area contributed by atoms with Crippen LogP contribution < -0.4 is 0 Å². The SMILES string of the molecule is CC(C)(C)OCCN1CCC(OC2CC(CC(=O)CN3CCN(CCOC(C)(C)C)CC3)C2)CC1. The van der Waals surface area contributed by atoms with Crippen molar-refractivity contribution in [3.05, 3.63) is 0 Å². The van der Waals surface area contributed by atoms with Gasteiger partial charge in [0.1, 0.15) is 5.78 Å². The molecule has 2 aliphatic heterocycles. The van der Waals surface area contributed by atoms with Gasteiger partial charge in [0.25, 0.3) is 0 Å². The van der Waals surface area contributed by atoms with Crippen LogP contribution in [-0.2, 0) is 19.0 Å². The first-order valence-electron chi connectivity index (χ1n) is 14.1. The normalized spacial score (nSPS) is 26.1. The van der Waals surface area contributed by atoms with Crippen LogP contribution in [0.3, 0.4) is 0 Å². The molecule has 0 aromatic rings. The third-order valence-corrected chi connectivity index (χ3v) is 7.38. The highest BCUT2D eigenvalue weighted by molar-refractivity contribution is 5.80. The highest BCUT2D eigenvalue weighted by Gasteiger charge is 2.34. The number of nitrogens with zero attached hydrogens (tertiary/aromatic N) is 3. The van der Waals surface area contributed by atoms with E-state index in [0.29, 0.717) is 30.5 Å². The van der Waals surface area contributed by atoms with Gasteiger partial charge in [-0.2, -0.15) is 0 Å². The number of carbonyl (C=O) groups is 1. The molecule has 7 heteroatoms. The molecule has 0 aromatic carbocycles. The topological polar surface area (TPSA) is 54.5 Å². The van der Waals surface area contributed by atoms with Crippen LogP contribution in [0.2, 0.25) is 0 Å². The van der Waals surface area contributed by atoms with Crippen molar-refractivity contribution in [2.75, 3.05) is 72.1 Å². The van der Waals surface area contributed by atoms with Crippen molar-refractivity contribution < 1.29 is 19.0 Å². The maximum atomic E-state index is 12.6. The number of carbonyl (C=O) groups excluding carboxylic acids is 1. The molecular formula is C28H53N3O4. The largest absolute Gasteiger partial charge is 0.375 e. The first-order valence-corrected chi connectivity index (χ1v) is 14.1. The van der Waals surface area contributed by atoms with Crippen molar-refractivity contribution in [3.8, 4) is 0 Å². The fraction of sp³-hybridized carbons (Fsp3) is 0.964. The summed E-state index contributed by atoms with van der Waals surface area (Å²) in [5, 5.41) is 0. The summed E-state index contributed by atoms with van der Waals surface area (Å²) in [7, 11) is 0. The van der Waals surface area contributed by atoms with E-state index in [0.717, 1.165) is 97.7 Å². The lowest BCUT2D eigenvalue weighted by Gasteiger charge is -2.40. The number of Topliss-reactive ketones (excluding diaryl/α,β-unsaturated/α-hetero) is 1. The Balaban J connectivity index is 1.19. The summed E-state index contributed by atoms with van der Waals surface area (Å²) in [5.41, 5.74) is -0.126. The maximum absolute atomic E-state index is 12.6. The Labute approximate surface area is 214 Å². The highest BCUT2D eigenvalue weighted by atomic mass is 16.5. The second kappa shape index (κ2) is 13.3. The molecule has 3 aliphatic rings. The number of piperidine rings is 1. The van der Waals surface area contributed by atoms with Gasteiger partial charge in [0.05, 0.1) is 43.2 Å². The molecule has 2 heterocycles. The zero-order chi connectivity index (χ0) is 25.5. The fourth-order valence-corrected chi connectivity index (χ4v) is 5.26. The van der Waals surface area contributed by atoms with E-state index in [1.807, 2.05) is 0 Å². The second-order valence-electron chi connectivity index (χ2n) is 12.9. The predicted molar refractivity (Wildman–Crippen MR) is 141 cm³/mol. The molecule has 0 radical (unpaired) electrons. The van der Waals surface area contributed by atoms with Crippen molar-refractivity contribution in [2.45, 2.75) is 97.1 Å². The number of rotatable bonds is 12. The van der Waals surface area contributed by atoms with Crippen LogP contribution in [-0.4, -0.2) is 116 Å². The Morgan fingerprint density at radius 3 is 1.71 bits per heavy atom. The van der Waals surface area contributed by atoms with Gasteiger partial charge in [-0.15, -0.1) is 0 Å². The van der Waals surface area contributed by atoms with Crippen molar-refractivity contribution in [1.29, 1.82) is 0 Å². The lowest BCUT2D eigenvalue weighted by molar-refractivity contribution is -0.127. The van der Waals surface area contributed by atoms with E-state index in [4.69, 9.17) is 14.2 Å². The summed E-state index contributed by atoms with van der Waals surface area (Å²) in [6, 6.07) is 0. The van der Waals surface area contributed by atoms with Crippen LogP contribution in [0.25, 0.3) is 0 Å². The van der Waals surface area contributed by atoms with Crippen LogP contribution >= 0.6 is 0 Å². The van der Waals surface area contributed by atoms with Crippen molar-refractivity contribution in [2.24, 2.45) is 5.92 Å². The van der Waals surface area contributed by atoms with E-state index in [-0.39, 0.29) is 11.2 Å². The molecule has 0 atom stereocenters. The molecule has 0 N–H and O–H groups in total. The summed E-state index contributed by atoms with van der Waals surface area (Å²) in [6.07, 6.45) is 5.84. The number of hydrogen-bond donors (Lipinski definition) is 0. The van der Waals surface area contributed by atoms with Crippen molar-refractivity contribution in [3.63, 3.8) is 0 Å². The lowest BCUT2D eigenvalue weighted by atomic mass is 9.78. The van der Waals surface area contributed by atoms with Crippen LogP contribution in [0.4, 0.5) is 0 Å². The molecule has 1 saturated carbocycles. The van der Waals surface area contributed by atoms with E-state index in [1.165, 1.54) is 0 Å². The smallest absolute Gasteiger partial charge is 0.147 e. The van der Waals surface area contributed by atoms with E-state index in [9.17, 15) is 4.79 Å². The molecule has 0 spiro atoms. The number of hydrogen-bond acceptors (Lipinski definition) is 7. The second-order valence-corrected chi connectivity index (χ2v) is 12.9. The van der Waals surface area contributed by atoms with Crippen LogP contribution in [0.15, 0.2) is 0 Å². The molecule has 3 fully saturated rings. The Kier molecular flexibility index (Phi) is 11.0. The first kappa shape index (κ1) is 29.0. The van der Waals surface area contributed by atoms with Crippen LogP contribution in [0, 0.1) is 5.92 Å². The summed E-state index contributed by atoms with van der Waals surface area (Å²) in [6.45, 7) is 23.0. The van der Waals surface area contributed by atoms with E-state index in [2.05, 4.69) is 56.2 Å². The molecule has 7 nitrogen and oxygen atoms in total. The number of ketones is 1. The zero-order valence-electron chi connectivity index (χ0n) is 23.5. The zero-order valence-corrected chi connectivity index (χ0v) is 23.5. The Morgan fingerprint density at radius 2 is 1.20 bits per heavy atom. The van der Waals surface area contributed by atoms with E-state index in [1.54, 1.807) is 0 Å². The summed E-state index contributed by atoms with van der Waals surface area (Å²) < 4.78 is 18.1. The summed E-state index contributed by atoms with van der Waals surface area (Å²) in [4.78, 5) is 19.9. The van der Waals surface area contributed by atoms with E-state index < -0.39 is 0 Å². The third-order valence-electron chi connectivity index (χ3n) is 7.38. The lowest BCUT2D eigenvalue weighted by Crippen LogP contribution is -2.49. The average Bonchev–Trinajstić information content (AvgIpc) is 2.73. The summed E-state index contributed by atoms with van der Waals surface area (Å²) in [5.74, 6) is 0.932. The first-order chi connectivity index (χ1) is 16.4. The Morgan fingerprint density at radius 1 is 0.714 bits per heavy atom. The molecule has 35 heavy (non-hydrogen) atoms. The molecular weight excluding hydrogens is 442 g/mol. The van der Waals surface area contributed by atoms with Gasteiger partial charge in [-0.1, -0.05) is 0 Å². The van der Waals surface area contributed by atoms with Gasteiger partial charge in [-0.3, -0.25) is 14.6 Å². The Bertz CT molecular complexity index is 623. The predicted octanol–water partition coefficient (Wildman–Crippen LogP) is 3.45. The fourth-order valence-electron chi connectivity index (χ4n) is 5.26. The van der Waals surface area contributed by atoms with Gasteiger partial charge in [0.2, 0.25) is 0 Å². The molecule has 204 valence electrons. The molecule has 0 amide bonds. The quantitative estimate of drug-likeness (QED) is 0.411. The van der Waals surface area contributed by atoms with Gasteiger partial charge in [0.15, 0.2) is 0 Å². The van der Waals surface area contributed by atoms with E-state index >= 15 is 0 Å². The van der Waals surface area contributed by atoms with Gasteiger partial charge in [-0.25, -0.2) is 0 Å². The van der Waals surface area contributed by atoms with Gasteiger partial charge in [0, 0.05) is 58.8 Å². The monoisotopic (exact) mass is 495 g/mol. The van der Waals surface area contributed by atoms with Crippen LogP contribution in [0.1, 0.15) is 73.6 Å². The highest BCUT2D eigenvalue weighted by Crippen LogP contribution is 2.35. The standard InChI is InChI=1S/C28H53N3O4/c1-27(2,3)33-17-15-29-9-7-25(8-10-29)35-26-20-23(21-26)19-24(32)22-31-13-11-30(12-14-31)16-18-34-28(4,5)6/h23,25-26H,7-22H2,1-6H3. The molecule has 1 aliphatic carbocycles. The van der Waals surface area contributed by atoms with Crippen molar-refractivity contribution >= 4 is 5.78 Å².